The number of nitrogens with one attached hydrogen (secondary N) is 2. The van der Waals surface area contributed by atoms with Crippen LogP contribution in [0.25, 0.3) is 0 Å². The van der Waals surface area contributed by atoms with E-state index in [1.165, 1.54) is 128 Å². The number of carbonyl (C=O) groups is 2. The second-order valence-electron chi connectivity index (χ2n) is 12.0. The van der Waals surface area contributed by atoms with Crippen molar-refractivity contribution in [3.8, 4) is 0 Å². The fourth-order valence-electron chi connectivity index (χ4n) is 5.39. The Hall–Kier alpha value is -1.11. The average molecular weight is 683 g/mol. The van der Waals surface area contributed by atoms with E-state index in [-0.39, 0.29) is 11.8 Å². The minimum atomic E-state index is -0.0819. The molecule has 0 unspecified atom stereocenters. The van der Waals surface area contributed by atoms with Crippen LogP contribution < -0.4 is 10.6 Å². The molecule has 5 heteroatoms. The van der Waals surface area contributed by atoms with Crippen molar-refractivity contribution < 1.29 is 9.59 Å². The highest BCUT2D eigenvalue weighted by Crippen LogP contribution is 2.15. The first-order valence-electron chi connectivity index (χ1n) is 17.5. The normalized spacial score (nSPS) is 11.1. The maximum absolute atomic E-state index is 12.7. The van der Waals surface area contributed by atoms with E-state index in [0.717, 1.165) is 29.3 Å². The molecule has 2 amide bonds. The van der Waals surface area contributed by atoms with Crippen molar-refractivity contribution in [3.63, 3.8) is 0 Å². The summed E-state index contributed by atoms with van der Waals surface area (Å²) < 4.78 is 0.913. The summed E-state index contributed by atoms with van der Waals surface area (Å²) in [6.07, 6.45) is 31.4. The number of hydrogen-bond donors (Lipinski definition) is 2. The molecule has 41 heavy (non-hydrogen) atoms. The summed E-state index contributed by atoms with van der Waals surface area (Å²) in [5.41, 5.74) is 1.15. The summed E-state index contributed by atoms with van der Waals surface area (Å²) in [4.78, 5) is 25.4. The van der Waals surface area contributed by atoms with Crippen LogP contribution in [0.5, 0.6) is 0 Å². The summed E-state index contributed by atoms with van der Waals surface area (Å²) in [6, 6.07) is 5.46. The van der Waals surface area contributed by atoms with Crippen molar-refractivity contribution in [3.05, 3.63) is 32.9 Å². The van der Waals surface area contributed by atoms with Gasteiger partial charge in [0.2, 0.25) is 0 Å². The smallest absolute Gasteiger partial charge is 0.251 e. The van der Waals surface area contributed by atoms with Crippen LogP contribution in [0.15, 0.2) is 18.2 Å². The minimum absolute atomic E-state index is 0.0819. The Labute approximate surface area is 267 Å². The number of amides is 2. The molecule has 0 aliphatic carbocycles. The first kappa shape index (κ1) is 37.9. The highest BCUT2D eigenvalue weighted by Gasteiger charge is 2.12. The largest absolute Gasteiger partial charge is 0.352 e. The fourth-order valence-corrected chi connectivity index (χ4v) is 6.06. The van der Waals surface area contributed by atoms with E-state index in [4.69, 9.17) is 0 Å². The lowest BCUT2D eigenvalue weighted by molar-refractivity contribution is 0.0952. The third-order valence-corrected chi connectivity index (χ3v) is 8.68. The van der Waals surface area contributed by atoms with E-state index in [1.807, 2.05) is 12.1 Å². The number of unbranched alkanes of at least 4 members (excludes halogenated alkanes) is 22. The molecule has 0 radical (unpaired) electrons. The van der Waals surface area contributed by atoms with E-state index in [9.17, 15) is 9.59 Å². The van der Waals surface area contributed by atoms with Crippen LogP contribution in [0.3, 0.4) is 0 Å². The van der Waals surface area contributed by atoms with Crippen molar-refractivity contribution in [1.29, 1.82) is 0 Å². The third-order valence-electron chi connectivity index (χ3n) is 8.05. The van der Waals surface area contributed by atoms with Crippen LogP contribution in [0, 0.1) is 3.57 Å². The molecular formula is C36H63IN2O2. The van der Waals surface area contributed by atoms with Gasteiger partial charge in [-0.15, -0.1) is 0 Å². The Morgan fingerprint density at radius 3 is 1.02 bits per heavy atom. The predicted molar refractivity (Wildman–Crippen MR) is 186 cm³/mol. The lowest BCUT2D eigenvalue weighted by Crippen LogP contribution is -2.27. The van der Waals surface area contributed by atoms with Gasteiger partial charge < -0.3 is 10.6 Å². The molecule has 4 nitrogen and oxygen atoms in total. The Balaban J connectivity index is 2.11. The zero-order chi connectivity index (χ0) is 29.8. The molecule has 0 saturated heterocycles. The van der Waals surface area contributed by atoms with Crippen LogP contribution in [0.1, 0.15) is 189 Å². The van der Waals surface area contributed by atoms with E-state index in [0.29, 0.717) is 24.2 Å². The van der Waals surface area contributed by atoms with E-state index in [1.54, 1.807) is 6.07 Å². The van der Waals surface area contributed by atoms with Gasteiger partial charge in [0.15, 0.2) is 0 Å². The van der Waals surface area contributed by atoms with Gasteiger partial charge in [-0.3, -0.25) is 9.59 Å². The molecule has 1 rings (SSSR count). The van der Waals surface area contributed by atoms with Gasteiger partial charge >= 0.3 is 0 Å². The second kappa shape index (κ2) is 27.7. The van der Waals surface area contributed by atoms with Crippen molar-refractivity contribution in [2.24, 2.45) is 0 Å². The Morgan fingerprint density at radius 2 is 0.732 bits per heavy atom. The molecule has 2 N–H and O–H groups in total. The van der Waals surface area contributed by atoms with Crippen molar-refractivity contribution >= 4 is 34.4 Å². The molecule has 0 aliphatic heterocycles. The predicted octanol–water partition coefficient (Wildman–Crippen LogP) is 11.2. The molecule has 0 fully saturated rings. The zero-order valence-corrected chi connectivity index (χ0v) is 29.0. The van der Waals surface area contributed by atoms with Gasteiger partial charge in [-0.05, 0) is 53.6 Å². The monoisotopic (exact) mass is 682 g/mol. The molecule has 1 aromatic carbocycles. The van der Waals surface area contributed by atoms with E-state index >= 15 is 0 Å². The molecule has 0 bridgehead atoms. The van der Waals surface area contributed by atoms with Gasteiger partial charge in [0, 0.05) is 27.8 Å². The summed E-state index contributed by atoms with van der Waals surface area (Å²) in [5.74, 6) is -0.164. The van der Waals surface area contributed by atoms with Crippen LogP contribution in [0.2, 0.25) is 0 Å². The second-order valence-corrected chi connectivity index (χ2v) is 13.3. The van der Waals surface area contributed by atoms with Crippen molar-refractivity contribution in [2.75, 3.05) is 13.1 Å². The van der Waals surface area contributed by atoms with Crippen molar-refractivity contribution in [1.82, 2.24) is 10.6 Å². The minimum Gasteiger partial charge on any atom is -0.352 e. The summed E-state index contributed by atoms with van der Waals surface area (Å²) >= 11 is 2.19. The van der Waals surface area contributed by atoms with Gasteiger partial charge in [0.25, 0.3) is 11.8 Å². The van der Waals surface area contributed by atoms with Gasteiger partial charge in [-0.1, -0.05) is 155 Å². The molecule has 0 atom stereocenters. The summed E-state index contributed by atoms with van der Waals surface area (Å²) in [7, 11) is 0. The fraction of sp³-hybridized carbons (Fsp3) is 0.778. The first-order valence-corrected chi connectivity index (χ1v) is 18.5. The topological polar surface area (TPSA) is 58.2 Å². The Kier molecular flexibility index (Phi) is 25.6. The average Bonchev–Trinajstić information content (AvgIpc) is 2.97. The lowest BCUT2D eigenvalue weighted by atomic mass is 10.1. The molecule has 0 heterocycles. The summed E-state index contributed by atoms with van der Waals surface area (Å²) in [5, 5.41) is 6.10. The van der Waals surface area contributed by atoms with Crippen LogP contribution in [-0.4, -0.2) is 24.9 Å². The Morgan fingerprint density at radius 1 is 0.463 bits per heavy atom. The maximum atomic E-state index is 12.7. The maximum Gasteiger partial charge on any atom is 0.251 e. The lowest BCUT2D eigenvalue weighted by Gasteiger charge is -2.09. The molecule has 0 saturated carbocycles. The molecular weight excluding hydrogens is 619 g/mol. The van der Waals surface area contributed by atoms with E-state index in [2.05, 4.69) is 47.1 Å². The number of benzene rings is 1. The van der Waals surface area contributed by atoms with Crippen molar-refractivity contribution in [2.45, 2.75) is 168 Å². The molecule has 1 aromatic rings. The molecule has 0 aliphatic rings. The molecule has 236 valence electrons. The standard InChI is InChI=1S/C36H63IN2O2/c1-3-5-7-9-11-13-15-17-19-21-23-25-27-38-35(40)32-29-33(31-34(37)30-32)36(41)39-28-26-24-22-20-18-16-14-12-10-8-6-4-2/h29-31H,3-28H2,1-2H3,(H,38,40)(H,39,41). The molecule has 0 spiro atoms. The van der Waals surface area contributed by atoms with E-state index < -0.39 is 0 Å². The van der Waals surface area contributed by atoms with Gasteiger partial charge in [0.05, 0.1) is 0 Å². The zero-order valence-electron chi connectivity index (χ0n) is 26.8. The highest BCUT2D eigenvalue weighted by molar-refractivity contribution is 14.1. The van der Waals surface area contributed by atoms with Crippen LogP contribution in [0.4, 0.5) is 0 Å². The van der Waals surface area contributed by atoms with Gasteiger partial charge in [-0.2, -0.15) is 0 Å². The highest BCUT2D eigenvalue weighted by atomic mass is 127. The first-order chi connectivity index (χ1) is 20.1. The number of hydrogen-bond acceptors (Lipinski definition) is 2. The Bertz CT molecular complexity index is 723. The quantitative estimate of drug-likeness (QED) is 0.0683. The third kappa shape index (κ3) is 22.1. The van der Waals surface area contributed by atoms with Crippen LogP contribution >= 0.6 is 22.6 Å². The SMILES string of the molecule is CCCCCCCCCCCCCCNC(=O)c1cc(I)cc(C(=O)NCCCCCCCCCCCCCC)c1. The summed E-state index contributed by atoms with van der Waals surface area (Å²) in [6.45, 7) is 5.93. The number of rotatable bonds is 28. The van der Waals surface area contributed by atoms with Gasteiger partial charge in [0.1, 0.15) is 0 Å². The molecule has 0 aromatic heterocycles. The number of halogens is 1. The number of carbonyl (C=O) groups excluding carboxylic acids is 2. The van der Waals surface area contributed by atoms with Crippen LogP contribution in [-0.2, 0) is 0 Å². The van der Waals surface area contributed by atoms with Gasteiger partial charge in [-0.25, -0.2) is 0 Å².